The maximum Gasteiger partial charge on any atom is 0.408 e. The highest BCUT2D eigenvalue weighted by molar-refractivity contribution is 14.1. The van der Waals surface area contributed by atoms with Crippen LogP contribution in [0.1, 0.15) is 51.0 Å². The maximum absolute atomic E-state index is 12.9. The van der Waals surface area contributed by atoms with Crippen molar-refractivity contribution in [3.63, 3.8) is 0 Å². The summed E-state index contributed by atoms with van der Waals surface area (Å²) in [6, 6.07) is 9.77. The Morgan fingerprint density at radius 2 is 1.70 bits per heavy atom. The van der Waals surface area contributed by atoms with Crippen LogP contribution < -0.4 is 10.1 Å². The van der Waals surface area contributed by atoms with Crippen LogP contribution in [0, 0.1) is 9.49 Å². The van der Waals surface area contributed by atoms with E-state index >= 15 is 0 Å². The van der Waals surface area contributed by atoms with E-state index in [0.717, 1.165) is 23.0 Å². The highest BCUT2D eigenvalue weighted by atomic mass is 127. The fraction of sp³-hybridized carbons (Fsp3) is 0.480. The van der Waals surface area contributed by atoms with Gasteiger partial charge in [0.15, 0.2) is 0 Å². The molecule has 2 aliphatic heterocycles. The number of amides is 3. The third-order valence-electron chi connectivity index (χ3n) is 6.85. The van der Waals surface area contributed by atoms with Crippen molar-refractivity contribution >= 4 is 74.1 Å². The number of carbonyl (C=O) groups excluding carboxylic acids is 3. The molecular formula is C25H25F3I2N2O5. The molecule has 2 aromatic rings. The van der Waals surface area contributed by atoms with Gasteiger partial charge in [-0.25, -0.2) is 7.91 Å². The van der Waals surface area contributed by atoms with Crippen molar-refractivity contribution in [1.29, 1.82) is 0 Å². The first-order valence-electron chi connectivity index (χ1n) is 11.8. The molecule has 3 aliphatic rings. The predicted molar refractivity (Wildman–Crippen MR) is 146 cm³/mol. The number of hydrogen-bond donors (Lipinski definition) is 1. The number of hydrogen-bond acceptors (Lipinski definition) is 5. The van der Waals surface area contributed by atoms with E-state index in [1.54, 1.807) is 22.9 Å². The van der Waals surface area contributed by atoms with Gasteiger partial charge in [0.25, 0.3) is 0 Å². The van der Waals surface area contributed by atoms with Gasteiger partial charge in [0.05, 0.1) is 44.0 Å². The molecule has 37 heavy (non-hydrogen) atoms. The molecule has 0 radical (unpaired) electrons. The van der Waals surface area contributed by atoms with E-state index in [0.29, 0.717) is 31.4 Å². The second kappa shape index (κ2) is 11.1. The Labute approximate surface area is 239 Å². The predicted octanol–water partition coefficient (Wildman–Crippen LogP) is 6.38. The lowest BCUT2D eigenvalue weighted by Gasteiger charge is -2.30. The van der Waals surface area contributed by atoms with E-state index < -0.39 is 23.7 Å². The zero-order valence-corrected chi connectivity index (χ0v) is 24.2. The van der Waals surface area contributed by atoms with Crippen LogP contribution in [0.2, 0.25) is 0 Å². The number of imide groups is 1. The largest absolute Gasteiger partial charge is 0.489 e. The Balaban J connectivity index is 0.000000342. The van der Waals surface area contributed by atoms with Crippen molar-refractivity contribution in [3.8, 4) is 5.75 Å². The normalized spacial score (nSPS) is 26.0. The molecule has 0 unspecified atom stereocenters. The van der Waals surface area contributed by atoms with E-state index in [1.165, 1.54) is 0 Å². The van der Waals surface area contributed by atoms with Crippen molar-refractivity contribution in [2.24, 2.45) is 5.92 Å². The number of nitrogens with zero attached hydrogens (tertiary/aromatic N) is 1. The number of cyclic esters (lactones) is 1. The number of alkyl carbamates (subject to hydrolysis) is 1. The molecule has 3 amide bonds. The molecule has 0 aromatic heterocycles. The molecule has 1 aliphatic carbocycles. The van der Waals surface area contributed by atoms with Crippen LogP contribution >= 0.6 is 45.5 Å². The minimum absolute atomic E-state index is 0.0735. The monoisotopic (exact) mass is 744 g/mol. The molecule has 0 bridgehead atoms. The third-order valence-corrected chi connectivity index (χ3v) is 9.04. The van der Waals surface area contributed by atoms with Crippen molar-refractivity contribution in [3.05, 3.63) is 39.5 Å². The van der Waals surface area contributed by atoms with Crippen LogP contribution in [0.5, 0.6) is 5.75 Å². The van der Waals surface area contributed by atoms with Gasteiger partial charge in [0.2, 0.25) is 11.8 Å². The average molecular weight is 744 g/mol. The van der Waals surface area contributed by atoms with E-state index in [1.807, 2.05) is 37.3 Å². The lowest BCUT2D eigenvalue weighted by Crippen LogP contribution is -2.37. The number of alkyl halides is 3. The van der Waals surface area contributed by atoms with Gasteiger partial charge < -0.3 is 14.8 Å². The number of ether oxygens (including phenoxy) is 2. The molecule has 2 aromatic carbocycles. The van der Waals surface area contributed by atoms with Gasteiger partial charge in [0.1, 0.15) is 12.4 Å². The summed E-state index contributed by atoms with van der Waals surface area (Å²) in [5, 5.41) is 4.84. The summed E-state index contributed by atoms with van der Waals surface area (Å²) in [6.45, 7) is 2.19. The van der Waals surface area contributed by atoms with Gasteiger partial charge in [-0.1, -0.05) is 18.2 Å². The lowest BCUT2D eigenvalue weighted by molar-refractivity contribution is -0.185. The zero-order valence-electron chi connectivity index (χ0n) is 19.9. The Morgan fingerprint density at radius 3 is 2.22 bits per heavy atom. The number of halogens is 5. The van der Waals surface area contributed by atoms with E-state index in [4.69, 9.17) is 9.47 Å². The SMILES string of the molecule is C[C@@]1(c2ccc3c(I)c(OC4CCC(C(F)(F)F)CC4)ccc3c2)COC(=O)N1.O=C1CCC(=O)N1I. The highest BCUT2D eigenvalue weighted by Crippen LogP contribution is 2.40. The van der Waals surface area contributed by atoms with Crippen LogP contribution in [0.25, 0.3) is 10.8 Å². The molecule has 1 N–H and O–H groups in total. The van der Waals surface area contributed by atoms with Crippen LogP contribution in [0.3, 0.4) is 0 Å². The van der Waals surface area contributed by atoms with Gasteiger partial charge in [-0.15, -0.1) is 0 Å². The van der Waals surface area contributed by atoms with Crippen LogP contribution in [0.15, 0.2) is 30.3 Å². The average Bonchev–Trinajstić information content (AvgIpc) is 3.36. The Kier molecular flexibility index (Phi) is 8.46. The standard InChI is InChI=1S/C21H21F3INO3.C4H4INO2/c1-20(11-28-19(27)26-20)14-5-8-16-12(10-14)2-9-17(18(16)25)29-15-6-3-13(4-7-15)21(22,23)24;5-6-3(7)1-2-4(6)8/h2,5,8-10,13,15H,3-4,6-7,11H2,1H3,(H,26,27);1-2H2/t13?,15?,20-;/m0./s1. The number of rotatable bonds is 3. The molecule has 7 nitrogen and oxygen atoms in total. The van der Waals surface area contributed by atoms with Gasteiger partial charge in [-0.05, 0) is 83.7 Å². The van der Waals surface area contributed by atoms with Crippen molar-refractivity contribution < 1.29 is 37.0 Å². The second-order valence-corrected chi connectivity index (χ2v) is 11.6. The number of fused-ring (bicyclic) bond motifs is 1. The van der Waals surface area contributed by atoms with Crippen LogP contribution in [0.4, 0.5) is 18.0 Å². The first kappa shape index (κ1) is 28.2. The fourth-order valence-electron chi connectivity index (χ4n) is 4.61. The first-order valence-corrected chi connectivity index (χ1v) is 13.8. The molecule has 200 valence electrons. The Bertz CT molecular complexity index is 1200. The second-order valence-electron chi connectivity index (χ2n) is 9.55. The summed E-state index contributed by atoms with van der Waals surface area (Å²) in [5.41, 5.74) is 0.383. The van der Waals surface area contributed by atoms with E-state index in [9.17, 15) is 27.6 Å². The molecule has 2 heterocycles. The summed E-state index contributed by atoms with van der Waals surface area (Å²) >= 11 is 3.94. The van der Waals surface area contributed by atoms with Gasteiger partial charge in [-0.3, -0.25) is 9.59 Å². The zero-order chi connectivity index (χ0) is 27.0. The van der Waals surface area contributed by atoms with Crippen LogP contribution in [-0.4, -0.2) is 39.9 Å². The van der Waals surface area contributed by atoms with Crippen molar-refractivity contribution in [2.45, 2.75) is 63.3 Å². The Morgan fingerprint density at radius 1 is 1.05 bits per heavy atom. The number of nitrogens with one attached hydrogen (secondary N) is 1. The third kappa shape index (κ3) is 6.42. The lowest BCUT2D eigenvalue weighted by atomic mass is 9.87. The summed E-state index contributed by atoms with van der Waals surface area (Å²) in [7, 11) is 0. The minimum atomic E-state index is -4.11. The maximum atomic E-state index is 12.9. The molecular weight excluding hydrogens is 719 g/mol. The summed E-state index contributed by atoms with van der Waals surface area (Å²) < 4.78 is 51.7. The number of benzene rings is 2. The van der Waals surface area contributed by atoms with Gasteiger partial charge in [0, 0.05) is 12.8 Å². The van der Waals surface area contributed by atoms with Gasteiger partial charge >= 0.3 is 12.3 Å². The smallest absolute Gasteiger partial charge is 0.408 e. The van der Waals surface area contributed by atoms with Crippen LogP contribution in [-0.2, 0) is 19.9 Å². The summed E-state index contributed by atoms with van der Waals surface area (Å²) in [5.74, 6) is -0.658. The molecule has 1 atom stereocenters. The topological polar surface area (TPSA) is 84.9 Å². The minimum Gasteiger partial charge on any atom is -0.489 e. The van der Waals surface area contributed by atoms with Crippen molar-refractivity contribution in [1.82, 2.24) is 8.43 Å². The first-order chi connectivity index (χ1) is 17.4. The highest BCUT2D eigenvalue weighted by Gasteiger charge is 2.42. The molecule has 12 heteroatoms. The fourth-order valence-corrected chi connectivity index (χ4v) is 5.89. The van der Waals surface area contributed by atoms with Gasteiger partial charge in [-0.2, -0.15) is 13.2 Å². The molecule has 3 fully saturated rings. The summed E-state index contributed by atoms with van der Waals surface area (Å²) in [6.07, 6.45) is -2.88. The summed E-state index contributed by atoms with van der Waals surface area (Å²) in [4.78, 5) is 32.4. The van der Waals surface area contributed by atoms with Crippen molar-refractivity contribution in [2.75, 3.05) is 6.61 Å². The molecule has 0 spiro atoms. The quantitative estimate of drug-likeness (QED) is 0.224. The van der Waals surface area contributed by atoms with E-state index in [-0.39, 0.29) is 37.4 Å². The molecule has 1 saturated carbocycles. The Hall–Kier alpha value is -1.84. The van der Waals surface area contributed by atoms with E-state index in [2.05, 4.69) is 27.9 Å². The molecule has 2 saturated heterocycles. The number of carbonyl (C=O) groups is 3. The molecule has 5 rings (SSSR count).